The number of imide groups is 1. The summed E-state index contributed by atoms with van der Waals surface area (Å²) >= 11 is 0. The molecule has 0 unspecified atom stereocenters. The monoisotopic (exact) mass is 263 g/mol. The maximum Gasteiger partial charge on any atom is 0.254 e. The van der Waals surface area contributed by atoms with Crippen molar-refractivity contribution in [2.45, 2.75) is 6.42 Å². The molecule has 0 radical (unpaired) electrons. The standard InChI is InChI=1S/C17H13NO2/c19-16-11-15(17(20)18-16)10-12-6-8-14(9-7-12)13-4-2-1-3-5-13/h1-9,11H,10H2,(H,18,19,20). The van der Waals surface area contributed by atoms with E-state index in [0.29, 0.717) is 12.0 Å². The smallest absolute Gasteiger partial charge is 0.254 e. The van der Waals surface area contributed by atoms with Crippen LogP contribution in [0.3, 0.4) is 0 Å². The number of nitrogens with one attached hydrogen (secondary N) is 1. The molecule has 0 aromatic heterocycles. The SMILES string of the molecule is O=C1C=C(Cc2ccc(-c3ccccc3)cc2)C(=O)N1. The Kier molecular flexibility index (Phi) is 3.17. The van der Waals surface area contributed by atoms with Crippen LogP contribution >= 0.6 is 0 Å². The number of amides is 2. The minimum Gasteiger partial charge on any atom is -0.289 e. The third kappa shape index (κ3) is 2.52. The van der Waals surface area contributed by atoms with E-state index in [1.165, 1.54) is 6.08 Å². The number of rotatable bonds is 3. The van der Waals surface area contributed by atoms with Crippen molar-refractivity contribution >= 4 is 11.8 Å². The predicted octanol–water partition coefficient (Wildman–Crippen LogP) is 2.48. The predicted molar refractivity (Wildman–Crippen MR) is 76.8 cm³/mol. The normalized spacial score (nSPS) is 14.1. The first-order valence-corrected chi connectivity index (χ1v) is 6.42. The van der Waals surface area contributed by atoms with Gasteiger partial charge in [-0.2, -0.15) is 0 Å². The lowest BCUT2D eigenvalue weighted by molar-refractivity contribution is -0.123. The lowest BCUT2D eigenvalue weighted by Crippen LogP contribution is -2.22. The highest BCUT2D eigenvalue weighted by molar-refractivity contribution is 6.16. The molecule has 0 saturated heterocycles. The van der Waals surface area contributed by atoms with Gasteiger partial charge in [-0.05, 0) is 16.7 Å². The molecular weight excluding hydrogens is 250 g/mol. The van der Waals surface area contributed by atoms with Gasteiger partial charge in [0, 0.05) is 18.1 Å². The van der Waals surface area contributed by atoms with Gasteiger partial charge in [0.25, 0.3) is 11.8 Å². The molecule has 3 nitrogen and oxygen atoms in total. The van der Waals surface area contributed by atoms with Crippen molar-refractivity contribution < 1.29 is 9.59 Å². The van der Waals surface area contributed by atoms with E-state index in [-0.39, 0.29) is 11.8 Å². The molecule has 1 aliphatic heterocycles. The second kappa shape index (κ2) is 5.13. The van der Waals surface area contributed by atoms with Crippen LogP contribution in [0, 0.1) is 0 Å². The summed E-state index contributed by atoms with van der Waals surface area (Å²) < 4.78 is 0. The van der Waals surface area contributed by atoms with Crippen LogP contribution in [0.25, 0.3) is 11.1 Å². The number of benzene rings is 2. The summed E-state index contributed by atoms with van der Waals surface area (Å²) in [5.41, 5.74) is 3.82. The molecule has 0 bridgehead atoms. The van der Waals surface area contributed by atoms with Crippen LogP contribution in [0.2, 0.25) is 0 Å². The average Bonchev–Trinajstić information content (AvgIpc) is 2.79. The molecule has 0 spiro atoms. The third-order valence-electron chi connectivity index (χ3n) is 3.29. The summed E-state index contributed by atoms with van der Waals surface area (Å²) in [7, 11) is 0. The molecular formula is C17H13NO2. The zero-order chi connectivity index (χ0) is 13.9. The second-order valence-electron chi connectivity index (χ2n) is 4.73. The molecule has 98 valence electrons. The Hall–Kier alpha value is -2.68. The van der Waals surface area contributed by atoms with Crippen LogP contribution in [0.15, 0.2) is 66.2 Å². The van der Waals surface area contributed by atoms with Crippen LogP contribution < -0.4 is 5.32 Å². The van der Waals surface area contributed by atoms with Crippen LogP contribution in [-0.4, -0.2) is 11.8 Å². The van der Waals surface area contributed by atoms with E-state index in [1.54, 1.807) is 0 Å². The van der Waals surface area contributed by atoms with Gasteiger partial charge in [0.05, 0.1) is 0 Å². The molecule has 0 saturated carbocycles. The number of carbonyl (C=O) groups is 2. The molecule has 20 heavy (non-hydrogen) atoms. The van der Waals surface area contributed by atoms with Gasteiger partial charge < -0.3 is 0 Å². The summed E-state index contributed by atoms with van der Waals surface area (Å²) in [6.45, 7) is 0. The summed E-state index contributed by atoms with van der Waals surface area (Å²) in [6, 6.07) is 18.1. The van der Waals surface area contributed by atoms with E-state index < -0.39 is 0 Å². The Labute approximate surface area is 116 Å². The van der Waals surface area contributed by atoms with Crippen LogP contribution in [-0.2, 0) is 16.0 Å². The van der Waals surface area contributed by atoms with Crippen LogP contribution in [0.1, 0.15) is 5.56 Å². The molecule has 2 amide bonds. The van der Waals surface area contributed by atoms with Gasteiger partial charge in [-0.25, -0.2) is 0 Å². The fourth-order valence-corrected chi connectivity index (χ4v) is 2.25. The Bertz CT molecular complexity index is 685. The van der Waals surface area contributed by atoms with E-state index in [4.69, 9.17) is 0 Å². The molecule has 2 aromatic carbocycles. The van der Waals surface area contributed by atoms with Crippen molar-refractivity contribution in [3.63, 3.8) is 0 Å². The molecule has 1 aliphatic rings. The molecule has 0 fully saturated rings. The fraction of sp³-hybridized carbons (Fsp3) is 0.0588. The first-order chi connectivity index (χ1) is 9.72. The topological polar surface area (TPSA) is 46.2 Å². The number of hydrogen-bond donors (Lipinski definition) is 1. The van der Waals surface area contributed by atoms with Gasteiger partial charge in [0.2, 0.25) is 0 Å². The molecule has 2 aromatic rings. The molecule has 1 heterocycles. The molecule has 3 rings (SSSR count). The molecule has 1 N–H and O–H groups in total. The average molecular weight is 263 g/mol. The van der Waals surface area contributed by atoms with Crippen molar-refractivity contribution in [3.8, 4) is 11.1 Å². The van der Waals surface area contributed by atoms with E-state index in [2.05, 4.69) is 17.4 Å². The van der Waals surface area contributed by atoms with Crippen LogP contribution in [0.4, 0.5) is 0 Å². The Morgan fingerprint density at radius 3 is 2.05 bits per heavy atom. The van der Waals surface area contributed by atoms with Gasteiger partial charge >= 0.3 is 0 Å². The van der Waals surface area contributed by atoms with Crippen molar-refractivity contribution in [1.82, 2.24) is 5.32 Å². The molecule has 0 aliphatic carbocycles. The van der Waals surface area contributed by atoms with Gasteiger partial charge in [-0.15, -0.1) is 0 Å². The lowest BCUT2D eigenvalue weighted by Gasteiger charge is -2.04. The van der Waals surface area contributed by atoms with Gasteiger partial charge in [0.15, 0.2) is 0 Å². The quantitative estimate of drug-likeness (QED) is 0.865. The Morgan fingerprint density at radius 2 is 1.45 bits per heavy atom. The maximum absolute atomic E-state index is 11.5. The summed E-state index contributed by atoms with van der Waals surface area (Å²) in [6.07, 6.45) is 1.85. The Balaban J connectivity index is 1.79. The number of hydrogen-bond acceptors (Lipinski definition) is 2. The van der Waals surface area contributed by atoms with Crippen LogP contribution in [0.5, 0.6) is 0 Å². The summed E-state index contributed by atoms with van der Waals surface area (Å²) in [5.74, 6) is -0.618. The van der Waals surface area contributed by atoms with Crippen molar-refractivity contribution in [2.24, 2.45) is 0 Å². The Morgan fingerprint density at radius 1 is 0.800 bits per heavy atom. The fourth-order valence-electron chi connectivity index (χ4n) is 2.25. The summed E-state index contributed by atoms with van der Waals surface area (Å²) in [4.78, 5) is 22.6. The van der Waals surface area contributed by atoms with E-state index >= 15 is 0 Å². The van der Waals surface area contributed by atoms with Gasteiger partial charge in [0.1, 0.15) is 0 Å². The first-order valence-electron chi connectivity index (χ1n) is 6.42. The van der Waals surface area contributed by atoms with E-state index in [9.17, 15) is 9.59 Å². The van der Waals surface area contributed by atoms with Gasteiger partial charge in [-0.1, -0.05) is 54.6 Å². The minimum atomic E-state index is -0.328. The molecule has 0 atom stereocenters. The highest BCUT2D eigenvalue weighted by Crippen LogP contribution is 2.20. The van der Waals surface area contributed by atoms with Crippen molar-refractivity contribution in [2.75, 3.05) is 0 Å². The highest BCUT2D eigenvalue weighted by Gasteiger charge is 2.20. The third-order valence-corrected chi connectivity index (χ3v) is 3.29. The number of carbonyl (C=O) groups excluding carboxylic acids is 2. The lowest BCUT2D eigenvalue weighted by atomic mass is 10.0. The van der Waals surface area contributed by atoms with Gasteiger partial charge in [-0.3, -0.25) is 14.9 Å². The second-order valence-corrected chi connectivity index (χ2v) is 4.73. The van der Waals surface area contributed by atoms with E-state index in [0.717, 1.165) is 16.7 Å². The van der Waals surface area contributed by atoms with Crippen molar-refractivity contribution in [3.05, 3.63) is 71.8 Å². The summed E-state index contributed by atoms with van der Waals surface area (Å²) in [5, 5.41) is 2.25. The minimum absolute atomic E-state index is 0.290. The zero-order valence-electron chi connectivity index (χ0n) is 10.8. The maximum atomic E-state index is 11.5. The van der Waals surface area contributed by atoms with Crippen molar-refractivity contribution in [1.29, 1.82) is 0 Å². The molecule has 3 heteroatoms. The zero-order valence-corrected chi connectivity index (χ0v) is 10.8. The first kappa shape index (κ1) is 12.4. The van der Waals surface area contributed by atoms with E-state index in [1.807, 2.05) is 42.5 Å². The largest absolute Gasteiger partial charge is 0.289 e. The highest BCUT2D eigenvalue weighted by atomic mass is 16.2.